The van der Waals surface area contributed by atoms with Crippen LogP contribution in [-0.2, 0) is 0 Å². The van der Waals surface area contributed by atoms with E-state index in [0.29, 0.717) is 5.56 Å². The Bertz CT molecular complexity index is 660. The molecule has 0 aliphatic rings. The first-order chi connectivity index (χ1) is 9.10. The Hall–Kier alpha value is -2.74. The lowest BCUT2D eigenvalue weighted by Crippen LogP contribution is -2.13. The van der Waals surface area contributed by atoms with E-state index in [2.05, 4.69) is 5.32 Å². The fourth-order valence-corrected chi connectivity index (χ4v) is 1.48. The van der Waals surface area contributed by atoms with Crippen molar-refractivity contribution in [3.05, 3.63) is 65.2 Å². The lowest BCUT2D eigenvalue weighted by Gasteiger charge is -2.06. The zero-order valence-corrected chi connectivity index (χ0v) is 9.65. The second-order valence-corrected chi connectivity index (χ2v) is 3.77. The van der Waals surface area contributed by atoms with Crippen LogP contribution in [0.25, 0.3) is 0 Å². The average Bonchev–Trinajstić information content (AvgIpc) is 2.43. The summed E-state index contributed by atoms with van der Waals surface area (Å²) < 4.78 is 26.3. The topological polar surface area (TPSA) is 52.9 Å². The van der Waals surface area contributed by atoms with Gasteiger partial charge in [0, 0.05) is 11.6 Å². The fourth-order valence-electron chi connectivity index (χ4n) is 1.48. The maximum absolute atomic E-state index is 13.3. The van der Waals surface area contributed by atoms with Crippen LogP contribution in [0.2, 0.25) is 0 Å². The Balaban J connectivity index is 2.21. The normalized spacial score (nSPS) is 9.74. The van der Waals surface area contributed by atoms with Gasteiger partial charge in [-0.15, -0.1) is 0 Å². The maximum atomic E-state index is 13.3. The Morgan fingerprint density at radius 2 is 1.79 bits per heavy atom. The van der Waals surface area contributed by atoms with Crippen molar-refractivity contribution in [2.75, 3.05) is 5.32 Å². The van der Waals surface area contributed by atoms with E-state index < -0.39 is 17.5 Å². The van der Waals surface area contributed by atoms with Crippen LogP contribution in [0.3, 0.4) is 0 Å². The highest BCUT2D eigenvalue weighted by molar-refractivity contribution is 6.04. The molecular formula is C14H8F2N2O. The third-order valence-electron chi connectivity index (χ3n) is 2.45. The van der Waals surface area contributed by atoms with Gasteiger partial charge in [-0.1, -0.05) is 0 Å². The monoisotopic (exact) mass is 258 g/mol. The summed E-state index contributed by atoms with van der Waals surface area (Å²) in [6.07, 6.45) is 0. The molecule has 19 heavy (non-hydrogen) atoms. The van der Waals surface area contributed by atoms with Gasteiger partial charge in [0.1, 0.15) is 11.6 Å². The molecule has 2 rings (SSSR count). The van der Waals surface area contributed by atoms with Gasteiger partial charge < -0.3 is 5.32 Å². The van der Waals surface area contributed by atoms with Crippen molar-refractivity contribution < 1.29 is 13.6 Å². The van der Waals surface area contributed by atoms with Crippen molar-refractivity contribution in [2.45, 2.75) is 0 Å². The molecule has 0 unspecified atom stereocenters. The predicted molar refractivity (Wildman–Crippen MR) is 65.5 cm³/mol. The van der Waals surface area contributed by atoms with Gasteiger partial charge in [-0.05, 0) is 36.4 Å². The quantitative estimate of drug-likeness (QED) is 0.899. The van der Waals surface area contributed by atoms with Crippen LogP contribution in [0, 0.1) is 23.0 Å². The molecule has 0 aliphatic heterocycles. The van der Waals surface area contributed by atoms with Crippen LogP contribution in [0.5, 0.6) is 0 Å². The third kappa shape index (κ3) is 2.93. The van der Waals surface area contributed by atoms with Gasteiger partial charge in [0.05, 0.1) is 17.3 Å². The van der Waals surface area contributed by atoms with E-state index in [4.69, 9.17) is 5.26 Å². The Kier molecular flexibility index (Phi) is 3.53. The van der Waals surface area contributed by atoms with Crippen LogP contribution in [0.4, 0.5) is 14.5 Å². The molecular weight excluding hydrogens is 250 g/mol. The summed E-state index contributed by atoms with van der Waals surface area (Å²) in [5, 5.41) is 10.9. The van der Waals surface area contributed by atoms with Gasteiger partial charge in [-0.25, -0.2) is 8.78 Å². The van der Waals surface area contributed by atoms with Crippen LogP contribution in [0.1, 0.15) is 15.9 Å². The Labute approximate surface area is 108 Å². The first-order valence-electron chi connectivity index (χ1n) is 5.37. The van der Waals surface area contributed by atoms with Crippen LogP contribution in [0.15, 0.2) is 42.5 Å². The van der Waals surface area contributed by atoms with E-state index in [-0.39, 0.29) is 11.3 Å². The summed E-state index contributed by atoms with van der Waals surface area (Å²) in [7, 11) is 0. The Morgan fingerprint density at radius 1 is 1.11 bits per heavy atom. The number of rotatable bonds is 2. The molecule has 0 saturated carbocycles. The number of halogens is 2. The van der Waals surface area contributed by atoms with E-state index in [1.807, 2.05) is 6.07 Å². The van der Waals surface area contributed by atoms with Gasteiger partial charge in [-0.2, -0.15) is 5.26 Å². The van der Waals surface area contributed by atoms with Crippen molar-refractivity contribution in [3.63, 3.8) is 0 Å². The standard InChI is InChI=1S/C14H8F2N2O/c15-11-5-6-12(16)13(7-11)18-14(19)10-3-1-9(8-17)2-4-10/h1-7H,(H,18,19). The zero-order valence-electron chi connectivity index (χ0n) is 9.65. The lowest BCUT2D eigenvalue weighted by atomic mass is 10.1. The number of hydrogen-bond donors (Lipinski definition) is 1. The number of nitrogens with zero attached hydrogens (tertiary/aromatic N) is 1. The molecule has 5 heteroatoms. The molecule has 1 amide bonds. The molecule has 0 spiro atoms. The summed E-state index contributed by atoms with van der Waals surface area (Å²) in [5.41, 5.74) is 0.436. The van der Waals surface area contributed by atoms with Crippen molar-refractivity contribution in [1.82, 2.24) is 0 Å². The first-order valence-corrected chi connectivity index (χ1v) is 5.37. The van der Waals surface area contributed by atoms with Crippen molar-refractivity contribution in [2.24, 2.45) is 0 Å². The van der Waals surface area contributed by atoms with E-state index in [1.165, 1.54) is 24.3 Å². The number of carbonyl (C=O) groups excluding carboxylic acids is 1. The molecule has 0 aromatic heterocycles. The minimum absolute atomic E-state index is 0.227. The number of benzene rings is 2. The molecule has 2 aromatic carbocycles. The largest absolute Gasteiger partial charge is 0.319 e. The van der Waals surface area contributed by atoms with E-state index in [9.17, 15) is 13.6 Å². The van der Waals surface area contributed by atoms with Gasteiger partial charge in [0.2, 0.25) is 0 Å². The number of nitriles is 1. The molecule has 94 valence electrons. The van der Waals surface area contributed by atoms with Gasteiger partial charge in [0.25, 0.3) is 5.91 Å². The predicted octanol–water partition coefficient (Wildman–Crippen LogP) is 3.09. The SMILES string of the molecule is N#Cc1ccc(C(=O)Nc2cc(F)ccc2F)cc1. The number of amides is 1. The molecule has 0 fully saturated rings. The van der Waals surface area contributed by atoms with Crippen molar-refractivity contribution >= 4 is 11.6 Å². The number of hydrogen-bond acceptors (Lipinski definition) is 2. The van der Waals surface area contributed by atoms with Crippen LogP contribution < -0.4 is 5.32 Å². The highest BCUT2D eigenvalue weighted by Crippen LogP contribution is 2.16. The third-order valence-corrected chi connectivity index (χ3v) is 2.45. The van der Waals surface area contributed by atoms with E-state index in [0.717, 1.165) is 18.2 Å². The van der Waals surface area contributed by atoms with Crippen molar-refractivity contribution in [3.8, 4) is 6.07 Å². The minimum atomic E-state index is -0.719. The molecule has 1 N–H and O–H groups in total. The summed E-state index contributed by atoms with van der Waals surface area (Å²) in [6.45, 7) is 0. The van der Waals surface area contributed by atoms with E-state index in [1.54, 1.807) is 0 Å². The maximum Gasteiger partial charge on any atom is 0.255 e. The number of carbonyl (C=O) groups is 1. The number of nitrogens with one attached hydrogen (secondary N) is 1. The summed E-state index contributed by atoms with van der Waals surface area (Å²) in [4.78, 5) is 11.8. The second kappa shape index (κ2) is 5.27. The molecule has 0 heterocycles. The van der Waals surface area contributed by atoms with Gasteiger partial charge >= 0.3 is 0 Å². The molecule has 0 radical (unpaired) electrons. The molecule has 3 nitrogen and oxygen atoms in total. The minimum Gasteiger partial charge on any atom is -0.319 e. The highest BCUT2D eigenvalue weighted by Gasteiger charge is 2.10. The first kappa shape index (κ1) is 12.7. The lowest BCUT2D eigenvalue weighted by molar-refractivity contribution is 0.102. The van der Waals surface area contributed by atoms with Crippen molar-refractivity contribution in [1.29, 1.82) is 5.26 Å². The molecule has 0 bridgehead atoms. The van der Waals surface area contributed by atoms with Crippen LogP contribution in [-0.4, -0.2) is 5.91 Å². The summed E-state index contributed by atoms with van der Waals surface area (Å²) >= 11 is 0. The second-order valence-electron chi connectivity index (χ2n) is 3.77. The zero-order chi connectivity index (χ0) is 13.8. The van der Waals surface area contributed by atoms with Gasteiger partial charge in [0.15, 0.2) is 0 Å². The highest BCUT2D eigenvalue weighted by atomic mass is 19.1. The summed E-state index contributed by atoms with van der Waals surface area (Å²) in [6, 6.07) is 10.5. The summed E-state index contributed by atoms with van der Waals surface area (Å²) in [5.74, 6) is -1.94. The fraction of sp³-hybridized carbons (Fsp3) is 0. The van der Waals surface area contributed by atoms with Gasteiger partial charge in [-0.3, -0.25) is 4.79 Å². The average molecular weight is 258 g/mol. The molecule has 0 atom stereocenters. The smallest absolute Gasteiger partial charge is 0.255 e. The molecule has 0 aliphatic carbocycles. The molecule has 0 saturated heterocycles. The van der Waals surface area contributed by atoms with E-state index >= 15 is 0 Å². The van der Waals surface area contributed by atoms with Crippen LogP contribution >= 0.6 is 0 Å². The number of anilines is 1. The molecule has 2 aromatic rings. The Morgan fingerprint density at radius 3 is 2.42 bits per heavy atom.